The van der Waals surface area contributed by atoms with Crippen LogP contribution in [0.1, 0.15) is 20.8 Å². The van der Waals surface area contributed by atoms with Crippen molar-refractivity contribution in [3.05, 3.63) is 12.2 Å². The highest BCUT2D eigenvalue weighted by molar-refractivity contribution is 5.84. The molecule has 0 aromatic heterocycles. The molecule has 0 N–H and O–H groups in total. The standard InChI is InChI=1S/C13H18FNO4/c1-13(2,3)19-12(17)15-8-6-5-7(9(8)14)10(15)11(16)18-4/h5-10H,1-4H3. The van der Waals surface area contributed by atoms with Crippen LogP contribution in [0.5, 0.6) is 0 Å². The molecule has 2 bridgehead atoms. The lowest BCUT2D eigenvalue weighted by atomic mass is 10.0. The topological polar surface area (TPSA) is 55.8 Å². The van der Waals surface area contributed by atoms with E-state index in [1.165, 1.54) is 7.11 Å². The van der Waals surface area contributed by atoms with E-state index in [2.05, 4.69) is 4.74 Å². The number of hydrogen-bond acceptors (Lipinski definition) is 4. The summed E-state index contributed by atoms with van der Waals surface area (Å²) in [4.78, 5) is 25.0. The summed E-state index contributed by atoms with van der Waals surface area (Å²) in [5.41, 5.74) is -0.699. The van der Waals surface area contributed by atoms with Crippen LogP contribution in [0.2, 0.25) is 0 Å². The lowest BCUT2D eigenvalue weighted by Gasteiger charge is -2.32. The van der Waals surface area contributed by atoms with Gasteiger partial charge in [-0.1, -0.05) is 12.2 Å². The van der Waals surface area contributed by atoms with Crippen LogP contribution in [0.15, 0.2) is 12.2 Å². The average Bonchev–Trinajstić information content (AvgIpc) is 2.79. The second-order valence-electron chi connectivity index (χ2n) is 5.75. The van der Waals surface area contributed by atoms with Gasteiger partial charge in [0.1, 0.15) is 17.8 Å². The van der Waals surface area contributed by atoms with Gasteiger partial charge in [-0.25, -0.2) is 14.0 Å². The van der Waals surface area contributed by atoms with Gasteiger partial charge < -0.3 is 9.47 Å². The van der Waals surface area contributed by atoms with Gasteiger partial charge in [0.25, 0.3) is 0 Å². The third-order valence-corrected chi connectivity index (χ3v) is 3.26. The SMILES string of the molecule is COC(=O)C1C2C=CC(C2F)N1C(=O)OC(C)(C)C. The van der Waals surface area contributed by atoms with Crippen LogP contribution >= 0.6 is 0 Å². The summed E-state index contributed by atoms with van der Waals surface area (Å²) in [6, 6.07) is -1.69. The lowest BCUT2D eigenvalue weighted by molar-refractivity contribution is -0.147. The Kier molecular flexibility index (Phi) is 3.28. The molecule has 1 saturated heterocycles. The first-order valence-corrected chi connectivity index (χ1v) is 6.18. The smallest absolute Gasteiger partial charge is 0.411 e. The first-order chi connectivity index (χ1) is 8.76. The minimum absolute atomic E-state index is 0.620. The molecule has 5 nitrogen and oxygen atoms in total. The molecule has 2 aliphatic rings. The van der Waals surface area contributed by atoms with E-state index in [0.29, 0.717) is 0 Å². The average molecular weight is 271 g/mol. The second kappa shape index (κ2) is 4.51. The van der Waals surface area contributed by atoms with E-state index in [9.17, 15) is 14.0 Å². The molecule has 1 aliphatic heterocycles. The molecule has 0 saturated carbocycles. The maximum absolute atomic E-state index is 14.0. The van der Waals surface area contributed by atoms with Crippen LogP contribution in [0.4, 0.5) is 9.18 Å². The summed E-state index contributed by atoms with van der Waals surface area (Å²) in [6.45, 7) is 5.15. The molecular formula is C13H18FNO4. The summed E-state index contributed by atoms with van der Waals surface area (Å²) in [5, 5.41) is 0. The zero-order valence-electron chi connectivity index (χ0n) is 11.4. The Morgan fingerprint density at radius 3 is 2.42 bits per heavy atom. The van der Waals surface area contributed by atoms with Gasteiger partial charge in [-0.15, -0.1) is 0 Å². The number of carbonyl (C=O) groups excluding carboxylic acids is 2. The number of hydrogen-bond donors (Lipinski definition) is 0. The summed E-state index contributed by atoms with van der Waals surface area (Å²) >= 11 is 0. The van der Waals surface area contributed by atoms with Gasteiger partial charge >= 0.3 is 12.1 Å². The normalized spacial score (nSPS) is 32.6. The largest absolute Gasteiger partial charge is 0.467 e. The number of nitrogens with zero attached hydrogens (tertiary/aromatic N) is 1. The Hall–Kier alpha value is -1.59. The quantitative estimate of drug-likeness (QED) is 0.538. The number of ether oxygens (including phenoxy) is 2. The monoisotopic (exact) mass is 271 g/mol. The Labute approximate surface area is 111 Å². The number of likely N-dealkylation sites (tertiary alicyclic amines) is 1. The summed E-state index contributed by atoms with van der Waals surface area (Å²) in [5.74, 6) is -1.27. The highest BCUT2D eigenvalue weighted by atomic mass is 19.1. The summed E-state index contributed by atoms with van der Waals surface area (Å²) in [7, 11) is 1.22. The fraction of sp³-hybridized carbons (Fsp3) is 0.692. The number of alkyl halides is 1. The Morgan fingerprint density at radius 1 is 1.26 bits per heavy atom. The van der Waals surface area contributed by atoms with Gasteiger partial charge in [0, 0.05) is 5.92 Å². The lowest BCUT2D eigenvalue weighted by Crippen LogP contribution is -2.49. The molecule has 1 aliphatic carbocycles. The number of amides is 1. The molecular weight excluding hydrogens is 253 g/mol. The van der Waals surface area contributed by atoms with Gasteiger partial charge in [-0.3, -0.25) is 4.90 Å². The zero-order chi connectivity index (χ0) is 14.4. The van der Waals surface area contributed by atoms with Crippen molar-refractivity contribution >= 4 is 12.1 Å². The number of carbonyl (C=O) groups is 2. The predicted octanol–water partition coefficient (Wildman–Crippen LogP) is 1.67. The number of rotatable bonds is 1. The van der Waals surface area contributed by atoms with E-state index in [0.717, 1.165) is 4.90 Å². The number of esters is 1. The number of methoxy groups -OCH3 is 1. The molecule has 4 atom stereocenters. The van der Waals surface area contributed by atoms with Crippen LogP contribution in [0.25, 0.3) is 0 Å². The molecule has 0 aromatic rings. The van der Waals surface area contributed by atoms with E-state index in [1.54, 1.807) is 32.9 Å². The molecule has 6 heteroatoms. The zero-order valence-corrected chi connectivity index (χ0v) is 11.4. The Balaban J connectivity index is 2.24. The van der Waals surface area contributed by atoms with E-state index >= 15 is 0 Å². The third kappa shape index (κ3) is 2.31. The molecule has 4 unspecified atom stereocenters. The summed E-state index contributed by atoms with van der Waals surface area (Å²) < 4.78 is 23.9. The first-order valence-electron chi connectivity index (χ1n) is 6.18. The van der Waals surface area contributed by atoms with Crippen LogP contribution in [-0.4, -0.2) is 47.9 Å². The minimum Gasteiger partial charge on any atom is -0.467 e. The van der Waals surface area contributed by atoms with Crippen molar-refractivity contribution in [2.24, 2.45) is 5.92 Å². The molecule has 0 aromatic carbocycles. The van der Waals surface area contributed by atoms with E-state index in [4.69, 9.17) is 4.74 Å². The summed E-state index contributed by atoms with van der Waals surface area (Å²) in [6.07, 6.45) is 1.25. The highest BCUT2D eigenvalue weighted by Gasteiger charge is 2.57. The molecule has 106 valence electrons. The van der Waals surface area contributed by atoms with Gasteiger partial charge in [0.2, 0.25) is 0 Å². The molecule has 1 fully saturated rings. The molecule has 1 amide bonds. The third-order valence-electron chi connectivity index (χ3n) is 3.26. The van der Waals surface area contributed by atoms with Crippen molar-refractivity contribution in [2.75, 3.05) is 7.11 Å². The van der Waals surface area contributed by atoms with Crippen LogP contribution in [0, 0.1) is 5.92 Å². The van der Waals surface area contributed by atoms with Gasteiger partial charge in [0.15, 0.2) is 0 Å². The van der Waals surface area contributed by atoms with Crippen molar-refractivity contribution in [1.29, 1.82) is 0 Å². The van der Waals surface area contributed by atoms with E-state index < -0.39 is 41.8 Å². The van der Waals surface area contributed by atoms with Crippen molar-refractivity contribution in [1.82, 2.24) is 4.90 Å². The van der Waals surface area contributed by atoms with Crippen molar-refractivity contribution in [3.63, 3.8) is 0 Å². The Morgan fingerprint density at radius 2 is 1.89 bits per heavy atom. The van der Waals surface area contributed by atoms with Crippen molar-refractivity contribution in [3.8, 4) is 0 Å². The van der Waals surface area contributed by atoms with Gasteiger partial charge in [-0.05, 0) is 20.8 Å². The molecule has 19 heavy (non-hydrogen) atoms. The maximum Gasteiger partial charge on any atom is 0.411 e. The highest BCUT2D eigenvalue weighted by Crippen LogP contribution is 2.40. The van der Waals surface area contributed by atoms with Crippen molar-refractivity contribution in [2.45, 2.75) is 44.6 Å². The molecule has 0 radical (unpaired) electrons. The fourth-order valence-corrected chi connectivity index (χ4v) is 2.52. The van der Waals surface area contributed by atoms with Gasteiger partial charge in [-0.2, -0.15) is 0 Å². The second-order valence-corrected chi connectivity index (χ2v) is 5.75. The minimum atomic E-state index is -1.28. The molecule has 1 heterocycles. The number of fused-ring (bicyclic) bond motifs is 2. The van der Waals surface area contributed by atoms with Crippen LogP contribution < -0.4 is 0 Å². The Bertz CT molecular complexity index is 429. The van der Waals surface area contributed by atoms with Gasteiger partial charge in [0.05, 0.1) is 13.2 Å². The molecule has 0 spiro atoms. The van der Waals surface area contributed by atoms with Crippen molar-refractivity contribution < 1.29 is 23.5 Å². The fourth-order valence-electron chi connectivity index (χ4n) is 2.52. The maximum atomic E-state index is 14.0. The number of halogens is 1. The van der Waals surface area contributed by atoms with E-state index in [1.807, 2.05) is 0 Å². The molecule has 2 rings (SSSR count). The van der Waals surface area contributed by atoms with E-state index in [-0.39, 0.29) is 0 Å². The predicted molar refractivity (Wildman–Crippen MR) is 65.2 cm³/mol. The van der Waals surface area contributed by atoms with Crippen LogP contribution in [-0.2, 0) is 14.3 Å². The first kappa shape index (κ1) is 13.8. The van der Waals surface area contributed by atoms with Crippen LogP contribution in [0.3, 0.4) is 0 Å².